The molecule has 15 aromatic rings. The van der Waals surface area contributed by atoms with Crippen LogP contribution >= 0.6 is 31.9 Å². The van der Waals surface area contributed by atoms with Crippen molar-refractivity contribution < 1.29 is 72.5 Å². The van der Waals surface area contributed by atoms with Gasteiger partial charge in [0.15, 0.2) is 0 Å². The van der Waals surface area contributed by atoms with E-state index in [0.717, 1.165) is 28.9 Å². The van der Waals surface area contributed by atoms with Crippen LogP contribution in [0.15, 0.2) is 296 Å². The van der Waals surface area contributed by atoms with Crippen LogP contribution in [0.3, 0.4) is 0 Å². The molecule has 684 valence electrons. The molecule has 3 unspecified atom stereocenters. The molecule has 1 saturated heterocycles. The molecule has 0 radical (unpaired) electrons. The van der Waals surface area contributed by atoms with Crippen molar-refractivity contribution in [3.05, 3.63) is 369 Å². The van der Waals surface area contributed by atoms with Gasteiger partial charge in [-0.25, -0.2) is 26.3 Å². The van der Waals surface area contributed by atoms with Crippen LogP contribution in [0.2, 0.25) is 0 Å². The Labute approximate surface area is 781 Å². The number of aryl methyl sites for hydroxylation is 1. The molecule has 133 heavy (non-hydrogen) atoms. The summed E-state index contributed by atoms with van der Waals surface area (Å²) in [7, 11) is -0.616. The van der Waals surface area contributed by atoms with Gasteiger partial charge in [-0.2, -0.15) is 0 Å². The molecule has 4 aromatic heterocycles. The highest BCUT2D eigenvalue weighted by molar-refractivity contribution is 9.10. The quantitative estimate of drug-likeness (QED) is 0.0312. The third-order valence-corrected chi connectivity index (χ3v) is 24.2. The third-order valence-electron chi connectivity index (χ3n) is 22.6. The lowest BCUT2D eigenvalue weighted by atomic mass is 9.79. The van der Waals surface area contributed by atoms with E-state index in [1.54, 1.807) is 144 Å². The van der Waals surface area contributed by atoms with Gasteiger partial charge in [0.2, 0.25) is 33.5 Å². The summed E-state index contributed by atoms with van der Waals surface area (Å²) in [5, 5.41) is 4.90. The van der Waals surface area contributed by atoms with Gasteiger partial charge in [-0.15, -0.1) is 0 Å². The number of benzene rings is 11. The second-order valence-corrected chi connectivity index (χ2v) is 35.0. The molecule has 6 heterocycles. The first-order chi connectivity index (χ1) is 63.5. The monoisotopic (exact) mass is 1930 g/mol. The van der Waals surface area contributed by atoms with Crippen molar-refractivity contribution in [3.8, 4) is 44.5 Å². The SMILES string of the molecule is CC(C)C(=O)Nc1ccc(B2OC(C)(C)C(C)(C)O2)cc1F.CC(C)C(=O)Nc1ccc(Br)cc1F.CCC(Br)c1oc2cccc(F)c2c(=O)c1-c1ccccc1.CCC(N)c1oc2cccc(F)c2c(=O)c1-c1ccccc1.CCC(c1oc2cccc(F)c2c(=O)c1-c1ccccc1)N1C(=O)c2ccccc2C1=O.CCCc1oc2cccc(F)c2c(=O)c1-c1ccccc1. The van der Waals surface area contributed by atoms with Crippen LogP contribution in [0.5, 0.6) is 0 Å². The maximum Gasteiger partial charge on any atom is 0.494 e. The van der Waals surface area contributed by atoms with Crippen LogP contribution in [-0.4, -0.2) is 46.8 Å². The number of carbonyl (C=O) groups excluding carboxylic acids is 4. The Morgan fingerprint density at radius 3 is 1.12 bits per heavy atom. The predicted molar refractivity (Wildman–Crippen MR) is 518 cm³/mol. The second-order valence-electron chi connectivity index (χ2n) is 33.0. The minimum Gasteiger partial charge on any atom is -0.460 e. The Hall–Kier alpha value is -13.2. The molecule has 17 rings (SSSR count). The largest absolute Gasteiger partial charge is 0.494 e. The van der Waals surface area contributed by atoms with E-state index in [1.807, 2.05) is 127 Å². The number of nitrogens with one attached hydrogen (secondary N) is 2. The highest BCUT2D eigenvalue weighted by Crippen LogP contribution is 2.42. The van der Waals surface area contributed by atoms with Gasteiger partial charge in [0.1, 0.15) is 102 Å². The number of hydrogen-bond acceptors (Lipinski definition) is 15. The summed E-state index contributed by atoms with van der Waals surface area (Å²) in [5.41, 5.74) is 10.1. The van der Waals surface area contributed by atoms with E-state index in [0.29, 0.717) is 91.0 Å². The predicted octanol–water partition coefficient (Wildman–Crippen LogP) is 25.3. The lowest BCUT2D eigenvalue weighted by Crippen LogP contribution is -2.41. The van der Waals surface area contributed by atoms with Crippen LogP contribution in [0, 0.1) is 46.7 Å². The topological polar surface area (TPSA) is 261 Å². The first kappa shape index (κ1) is 98.9. The average Bonchev–Trinajstić information content (AvgIpc) is 1.65. The molecule has 2 aliphatic heterocycles. The van der Waals surface area contributed by atoms with Gasteiger partial charge in [0.25, 0.3) is 11.8 Å². The molecule has 18 nitrogen and oxygen atoms in total. The molecule has 27 heteroatoms. The number of carbonyl (C=O) groups is 4. The zero-order valence-corrected chi connectivity index (χ0v) is 78.2. The lowest BCUT2D eigenvalue weighted by molar-refractivity contribution is -0.119. The number of halogens is 8. The second kappa shape index (κ2) is 43.5. The molecule has 0 aliphatic carbocycles. The summed E-state index contributed by atoms with van der Waals surface area (Å²) in [5.74, 6) is -3.25. The standard InChI is InChI=1S/C26H18FNO4.C18H14BrFO2.C18H16FNO2.C18H15FO2.C16H23BFNO3.C10H11BrFNO/c1-2-19(28-25(30)16-11-6-7-12-17(16)26(28)31)24-21(15-9-4-3-5-10-15)23(29)22-18(27)13-8-14-20(22)32-24;1-2-12(19)18-15(11-7-4-3-5-8-11)17(21)16-13(20)9-6-10-14(16)22-18;1-2-13(20)18-15(11-7-4-3-5-8-11)17(21)16-12(19)9-6-10-14(16)22-18;1-2-7-14-16(12-8-4-3-5-9-12)18(20)17-13(19)10-6-11-15(17)21-14;1-10(2)14(20)19-13-8-7-11(9-12(13)18)17-21-15(3,4)16(5,6)22-17;1-6(2)10(14)13-9-4-3-7(11)5-8(9)12/h3-14,19H,2H2,1H3;3-10,12H,2H2,1H3;3-10,13H,2,20H2,1H3;3-6,8-11H,2,7H2,1H3;7-10H,1-6H3,(H,19,20);3-6H,1-2H3,(H,13,14). The number of alkyl halides is 1. The van der Waals surface area contributed by atoms with Crippen molar-refractivity contribution in [1.29, 1.82) is 0 Å². The number of nitrogens with zero attached hydrogens (tertiary/aromatic N) is 1. The molecule has 0 bridgehead atoms. The summed E-state index contributed by atoms with van der Waals surface area (Å²) in [6, 6.07) is 68.3. The van der Waals surface area contributed by atoms with Crippen molar-refractivity contribution in [2.24, 2.45) is 17.6 Å². The normalized spacial score (nSPS) is 13.6. The number of anilines is 2. The highest BCUT2D eigenvalue weighted by atomic mass is 79.9. The Morgan fingerprint density at radius 1 is 0.406 bits per heavy atom. The molecule has 0 spiro atoms. The van der Waals surface area contributed by atoms with Crippen molar-refractivity contribution >= 4 is 123 Å². The fraction of sp³-hybridized carbons (Fsp3) is 0.226. The lowest BCUT2D eigenvalue weighted by Gasteiger charge is -2.32. The Morgan fingerprint density at radius 2 is 0.752 bits per heavy atom. The Balaban J connectivity index is 0.000000146. The number of imide groups is 1. The first-order valence-electron chi connectivity index (χ1n) is 43.3. The van der Waals surface area contributed by atoms with Crippen molar-refractivity contribution in [2.75, 3.05) is 10.6 Å². The minimum absolute atomic E-state index is 0.000839. The fourth-order valence-corrected chi connectivity index (χ4v) is 15.5. The molecular weight excluding hydrogens is 1840 g/mol. The molecule has 0 saturated carbocycles. The summed E-state index contributed by atoms with van der Waals surface area (Å²) in [6.07, 6.45) is 3.18. The van der Waals surface area contributed by atoms with E-state index in [1.165, 1.54) is 66.7 Å². The zero-order valence-electron chi connectivity index (χ0n) is 75.0. The van der Waals surface area contributed by atoms with E-state index < -0.39 is 82.6 Å². The molecule has 11 aromatic carbocycles. The van der Waals surface area contributed by atoms with Gasteiger partial charge in [-0.3, -0.25) is 43.3 Å². The summed E-state index contributed by atoms with van der Waals surface area (Å²) >= 11 is 6.68. The zero-order chi connectivity index (χ0) is 96.0. The number of nitrogens with two attached hydrogens (primary N) is 1. The maximum atomic E-state index is 14.6. The van der Waals surface area contributed by atoms with Gasteiger partial charge in [-0.05, 0) is 172 Å². The van der Waals surface area contributed by atoms with Crippen LogP contribution in [0.1, 0.15) is 169 Å². The van der Waals surface area contributed by atoms with Gasteiger partial charge in [0.05, 0.1) is 72.9 Å². The Kier molecular flexibility index (Phi) is 32.3. The van der Waals surface area contributed by atoms with E-state index in [2.05, 4.69) is 42.5 Å². The molecular formula is C106H97BBr2F6N4O14. The number of hydrogen-bond donors (Lipinski definition) is 3. The van der Waals surface area contributed by atoms with Crippen LogP contribution in [0.25, 0.3) is 88.4 Å². The van der Waals surface area contributed by atoms with E-state index >= 15 is 0 Å². The molecule has 4 N–H and O–H groups in total. The number of amides is 4. The maximum absolute atomic E-state index is 14.6. The molecule has 1 fully saturated rings. The van der Waals surface area contributed by atoms with Gasteiger partial charge < -0.3 is 43.3 Å². The van der Waals surface area contributed by atoms with Gasteiger partial charge in [0, 0.05) is 22.7 Å². The fourth-order valence-electron chi connectivity index (χ4n) is 14.8. The molecule has 3 atom stereocenters. The van der Waals surface area contributed by atoms with Crippen LogP contribution in [-0.2, 0) is 25.3 Å². The number of rotatable bonds is 18. The highest BCUT2D eigenvalue weighted by Gasteiger charge is 2.52. The van der Waals surface area contributed by atoms with Gasteiger partial charge >= 0.3 is 7.12 Å². The Bertz CT molecular complexity index is 6860. The minimum atomic E-state index is -0.835. The van der Waals surface area contributed by atoms with E-state index in [4.69, 9.17) is 32.7 Å². The van der Waals surface area contributed by atoms with Gasteiger partial charge in [-0.1, -0.05) is 251 Å². The molecule has 2 aliphatic rings. The summed E-state index contributed by atoms with van der Waals surface area (Å²) in [4.78, 5) is 102. The smallest absolute Gasteiger partial charge is 0.460 e. The van der Waals surface area contributed by atoms with Crippen molar-refractivity contribution in [1.82, 2.24) is 4.90 Å². The van der Waals surface area contributed by atoms with E-state index in [9.17, 15) is 64.7 Å². The number of fused-ring (bicyclic) bond motifs is 5. The van der Waals surface area contributed by atoms with E-state index in [-0.39, 0.29) is 106 Å². The van der Waals surface area contributed by atoms with Crippen LogP contribution < -0.4 is 43.5 Å². The third kappa shape index (κ3) is 21.9. The average molecular weight is 1940 g/mol. The molecule has 4 amide bonds. The van der Waals surface area contributed by atoms with Crippen molar-refractivity contribution in [3.63, 3.8) is 0 Å². The van der Waals surface area contributed by atoms with Crippen molar-refractivity contribution in [2.45, 2.75) is 143 Å². The first-order valence-corrected chi connectivity index (χ1v) is 45.1. The summed E-state index contributed by atoms with van der Waals surface area (Å²) in [6.45, 7) is 22.5. The van der Waals surface area contributed by atoms with Crippen LogP contribution in [0.4, 0.5) is 37.7 Å². The summed E-state index contributed by atoms with van der Waals surface area (Å²) < 4.78 is 120.